The molecule has 1 rings (SSSR count). The molecule has 21 heavy (non-hydrogen) atoms. The van der Waals surface area contributed by atoms with E-state index in [9.17, 15) is 14.4 Å². The van der Waals surface area contributed by atoms with Gasteiger partial charge in [0.1, 0.15) is 6.04 Å². The molecule has 0 aliphatic carbocycles. The molecule has 0 saturated heterocycles. The Bertz CT molecular complexity index is 550. The van der Waals surface area contributed by atoms with Crippen molar-refractivity contribution >= 4 is 33.8 Å². The number of amides is 3. The number of carboxylic acid groups (broad SMARTS) is 1. The first-order valence-corrected chi connectivity index (χ1v) is 6.92. The summed E-state index contributed by atoms with van der Waals surface area (Å²) in [5.41, 5.74) is 5.79. The van der Waals surface area contributed by atoms with Crippen LogP contribution in [0.5, 0.6) is 0 Å². The summed E-state index contributed by atoms with van der Waals surface area (Å²) in [5, 5.41) is 13.7. The third-order valence-corrected chi connectivity index (χ3v) is 3.20. The van der Waals surface area contributed by atoms with E-state index in [0.717, 1.165) is 10.0 Å². The Hall–Kier alpha value is -2.09. The van der Waals surface area contributed by atoms with E-state index in [1.165, 1.54) is 0 Å². The molecule has 1 aromatic rings. The number of hydrogen-bond acceptors (Lipinski definition) is 3. The van der Waals surface area contributed by atoms with Crippen LogP contribution in [0.15, 0.2) is 28.7 Å². The van der Waals surface area contributed by atoms with Gasteiger partial charge in [0.15, 0.2) is 0 Å². The van der Waals surface area contributed by atoms with Crippen molar-refractivity contribution in [1.29, 1.82) is 0 Å². The normalized spacial score (nSPS) is 13.0. The van der Waals surface area contributed by atoms with Crippen molar-refractivity contribution in [3.05, 3.63) is 34.3 Å². The zero-order valence-corrected chi connectivity index (χ0v) is 12.9. The minimum absolute atomic E-state index is 0.328. The molecule has 5 N–H and O–H groups in total. The quantitative estimate of drug-likeness (QED) is 0.609. The SMILES string of the molecule is CC(NC(=O)NC(CC(N)=O)C(=O)O)c1cccc(Br)c1. The Kier molecular flexibility index (Phi) is 6.16. The van der Waals surface area contributed by atoms with Gasteiger partial charge >= 0.3 is 12.0 Å². The highest BCUT2D eigenvalue weighted by molar-refractivity contribution is 9.10. The lowest BCUT2D eigenvalue weighted by Crippen LogP contribution is -2.48. The fraction of sp³-hybridized carbons (Fsp3) is 0.308. The number of hydrogen-bond donors (Lipinski definition) is 4. The second-order valence-electron chi connectivity index (χ2n) is 4.46. The van der Waals surface area contributed by atoms with E-state index < -0.39 is 30.4 Å². The van der Waals surface area contributed by atoms with Crippen molar-refractivity contribution in [2.75, 3.05) is 0 Å². The van der Waals surface area contributed by atoms with Crippen molar-refractivity contribution in [3.63, 3.8) is 0 Å². The van der Waals surface area contributed by atoms with Crippen LogP contribution in [0.2, 0.25) is 0 Å². The maximum absolute atomic E-state index is 11.8. The van der Waals surface area contributed by atoms with E-state index in [2.05, 4.69) is 26.6 Å². The van der Waals surface area contributed by atoms with Gasteiger partial charge in [0.2, 0.25) is 5.91 Å². The van der Waals surface area contributed by atoms with Crippen molar-refractivity contribution in [3.8, 4) is 0 Å². The van der Waals surface area contributed by atoms with Gasteiger partial charge in [0.25, 0.3) is 0 Å². The smallest absolute Gasteiger partial charge is 0.326 e. The van der Waals surface area contributed by atoms with E-state index in [1.807, 2.05) is 24.3 Å². The van der Waals surface area contributed by atoms with Gasteiger partial charge < -0.3 is 21.5 Å². The summed E-state index contributed by atoms with van der Waals surface area (Å²) in [5.74, 6) is -2.12. The third kappa shape index (κ3) is 5.82. The van der Waals surface area contributed by atoms with Gasteiger partial charge in [-0.3, -0.25) is 4.79 Å². The van der Waals surface area contributed by atoms with Crippen LogP contribution in [-0.4, -0.2) is 29.1 Å². The molecular weight excluding hydrogens is 342 g/mol. The van der Waals surface area contributed by atoms with Crippen molar-refractivity contribution in [2.45, 2.75) is 25.4 Å². The topological polar surface area (TPSA) is 122 Å². The van der Waals surface area contributed by atoms with Gasteiger partial charge in [-0.1, -0.05) is 28.1 Å². The fourth-order valence-corrected chi connectivity index (χ4v) is 2.07. The minimum atomic E-state index is -1.35. The van der Waals surface area contributed by atoms with Crippen molar-refractivity contribution < 1.29 is 19.5 Å². The van der Waals surface area contributed by atoms with Crippen molar-refractivity contribution in [1.82, 2.24) is 10.6 Å². The molecule has 3 amide bonds. The summed E-state index contributed by atoms with van der Waals surface area (Å²) in [6.45, 7) is 1.76. The van der Waals surface area contributed by atoms with Gasteiger partial charge in [-0.2, -0.15) is 0 Å². The summed E-state index contributed by atoms with van der Waals surface area (Å²) < 4.78 is 0.867. The average molecular weight is 358 g/mol. The second-order valence-corrected chi connectivity index (χ2v) is 5.37. The lowest BCUT2D eigenvalue weighted by molar-refractivity contribution is -0.140. The highest BCUT2D eigenvalue weighted by atomic mass is 79.9. The molecular formula is C13H16BrN3O4. The molecule has 0 fully saturated rings. The highest BCUT2D eigenvalue weighted by Crippen LogP contribution is 2.17. The molecule has 0 bridgehead atoms. The number of primary amides is 1. The molecule has 114 valence electrons. The molecule has 8 heteroatoms. The standard InChI is InChI=1S/C13H16BrN3O4/c1-7(8-3-2-4-9(14)5-8)16-13(21)17-10(12(19)20)6-11(15)18/h2-5,7,10H,6H2,1H3,(H2,15,18)(H,19,20)(H2,16,17,21). The van der Waals surface area contributed by atoms with Crippen LogP contribution in [0.25, 0.3) is 0 Å². The molecule has 2 unspecified atom stereocenters. The first kappa shape index (κ1) is 17.0. The van der Waals surface area contributed by atoms with Gasteiger partial charge in [0, 0.05) is 4.47 Å². The zero-order valence-electron chi connectivity index (χ0n) is 11.3. The molecule has 7 nitrogen and oxygen atoms in total. The summed E-state index contributed by atoms with van der Waals surface area (Å²) in [7, 11) is 0. The largest absolute Gasteiger partial charge is 0.480 e. The number of rotatable bonds is 6. The summed E-state index contributed by atoms with van der Waals surface area (Å²) in [6, 6.07) is 4.97. The number of halogens is 1. The molecule has 0 aliphatic rings. The Morgan fingerprint density at radius 3 is 2.52 bits per heavy atom. The number of urea groups is 1. The molecule has 0 radical (unpaired) electrons. The van der Waals surface area contributed by atoms with Crippen LogP contribution in [0, 0.1) is 0 Å². The summed E-state index contributed by atoms with van der Waals surface area (Å²) >= 11 is 3.33. The fourth-order valence-electron chi connectivity index (χ4n) is 1.66. The van der Waals surface area contributed by atoms with Crippen LogP contribution in [-0.2, 0) is 9.59 Å². The summed E-state index contributed by atoms with van der Waals surface area (Å²) in [6.07, 6.45) is -0.464. The van der Waals surface area contributed by atoms with E-state index in [1.54, 1.807) is 6.92 Å². The Labute approximate surface area is 130 Å². The van der Waals surface area contributed by atoms with Crippen LogP contribution in [0.4, 0.5) is 4.79 Å². The van der Waals surface area contributed by atoms with Gasteiger partial charge in [0.05, 0.1) is 12.5 Å². The number of carbonyl (C=O) groups is 3. The molecule has 0 spiro atoms. The molecule has 1 aromatic carbocycles. The lowest BCUT2D eigenvalue weighted by Gasteiger charge is -2.18. The number of nitrogens with one attached hydrogen (secondary N) is 2. The molecule has 0 saturated carbocycles. The van der Waals surface area contributed by atoms with Gasteiger partial charge in [-0.25, -0.2) is 9.59 Å². The predicted octanol–water partition coefficient (Wildman–Crippen LogP) is 1.14. The highest BCUT2D eigenvalue weighted by Gasteiger charge is 2.22. The number of benzene rings is 1. The number of carbonyl (C=O) groups excluding carboxylic acids is 2. The van der Waals surface area contributed by atoms with E-state index >= 15 is 0 Å². The zero-order chi connectivity index (χ0) is 16.0. The minimum Gasteiger partial charge on any atom is -0.480 e. The Balaban J connectivity index is 2.63. The Morgan fingerprint density at radius 1 is 1.33 bits per heavy atom. The summed E-state index contributed by atoms with van der Waals surface area (Å²) in [4.78, 5) is 33.4. The molecule has 2 atom stereocenters. The van der Waals surface area contributed by atoms with Gasteiger partial charge in [-0.05, 0) is 24.6 Å². The van der Waals surface area contributed by atoms with Crippen LogP contribution >= 0.6 is 15.9 Å². The van der Waals surface area contributed by atoms with E-state index in [4.69, 9.17) is 10.8 Å². The van der Waals surface area contributed by atoms with Crippen molar-refractivity contribution in [2.24, 2.45) is 5.73 Å². The second kappa shape index (κ2) is 7.63. The van der Waals surface area contributed by atoms with Crippen LogP contribution in [0.1, 0.15) is 24.9 Å². The van der Waals surface area contributed by atoms with E-state index in [0.29, 0.717) is 0 Å². The maximum Gasteiger partial charge on any atom is 0.326 e. The number of nitrogens with two attached hydrogens (primary N) is 1. The molecule has 0 aromatic heterocycles. The third-order valence-electron chi connectivity index (χ3n) is 2.71. The monoisotopic (exact) mass is 357 g/mol. The van der Waals surface area contributed by atoms with Crippen LogP contribution < -0.4 is 16.4 Å². The van der Waals surface area contributed by atoms with Crippen LogP contribution in [0.3, 0.4) is 0 Å². The first-order valence-electron chi connectivity index (χ1n) is 6.13. The molecule has 0 aliphatic heterocycles. The maximum atomic E-state index is 11.8. The Morgan fingerprint density at radius 2 is 2.00 bits per heavy atom. The number of carboxylic acids is 1. The van der Waals surface area contributed by atoms with Gasteiger partial charge in [-0.15, -0.1) is 0 Å². The first-order chi connectivity index (χ1) is 9.79. The average Bonchev–Trinajstić information content (AvgIpc) is 2.37. The molecule has 0 heterocycles. The number of aliphatic carboxylic acids is 1. The lowest BCUT2D eigenvalue weighted by atomic mass is 10.1. The van der Waals surface area contributed by atoms with E-state index in [-0.39, 0.29) is 6.04 Å². The predicted molar refractivity (Wildman–Crippen MR) is 79.5 cm³/mol.